The van der Waals surface area contributed by atoms with Gasteiger partial charge in [-0.2, -0.15) is 0 Å². The summed E-state index contributed by atoms with van der Waals surface area (Å²) >= 11 is 1.80. The Kier molecular flexibility index (Phi) is 6.58. The molecule has 0 aromatic heterocycles. The summed E-state index contributed by atoms with van der Waals surface area (Å²) < 4.78 is 0. The smallest absolute Gasteiger partial charge is 0.0230 e. The molecule has 0 atom stereocenters. The maximum Gasteiger partial charge on any atom is 0.0230 e. The fraction of sp³-hybridized carbons (Fsp3) is 0.571. The van der Waals surface area contributed by atoms with Gasteiger partial charge in [0.1, 0.15) is 0 Å². The van der Waals surface area contributed by atoms with Crippen molar-refractivity contribution in [2.45, 2.75) is 37.6 Å². The van der Waals surface area contributed by atoms with Crippen molar-refractivity contribution >= 4 is 11.8 Å². The number of benzene rings is 1. The predicted molar refractivity (Wildman–Crippen MR) is 74.1 cm³/mol. The predicted octanol–water partition coefficient (Wildman–Crippen LogP) is 4.03. The van der Waals surface area contributed by atoms with E-state index in [1.807, 2.05) is 0 Å². The van der Waals surface area contributed by atoms with Crippen LogP contribution >= 0.6 is 11.8 Å². The zero-order valence-electron chi connectivity index (χ0n) is 10.7. The lowest BCUT2D eigenvalue weighted by Crippen LogP contribution is -2.18. The zero-order valence-corrected chi connectivity index (χ0v) is 11.5. The van der Waals surface area contributed by atoms with E-state index in [0.29, 0.717) is 0 Å². The summed E-state index contributed by atoms with van der Waals surface area (Å²) in [6.07, 6.45) is 6.08. The van der Waals surface area contributed by atoms with Crippen molar-refractivity contribution in [3.63, 3.8) is 0 Å². The Morgan fingerprint density at radius 1 is 1.12 bits per heavy atom. The third-order valence-electron chi connectivity index (χ3n) is 2.75. The molecule has 16 heavy (non-hydrogen) atoms. The average Bonchev–Trinajstić information content (AvgIpc) is 2.30. The molecule has 1 aromatic rings. The van der Waals surface area contributed by atoms with Gasteiger partial charge in [-0.3, -0.25) is 0 Å². The molecule has 2 heteroatoms. The van der Waals surface area contributed by atoms with Crippen LogP contribution in [-0.2, 0) is 6.54 Å². The highest BCUT2D eigenvalue weighted by Crippen LogP contribution is 2.15. The second-order valence-corrected chi connectivity index (χ2v) is 5.17. The first-order valence-corrected chi connectivity index (χ1v) is 7.30. The minimum Gasteiger partial charge on any atom is -0.302 e. The molecule has 0 unspecified atom stereocenters. The molecule has 0 spiro atoms. The van der Waals surface area contributed by atoms with Crippen LogP contribution in [0.5, 0.6) is 0 Å². The minimum atomic E-state index is 1.07. The van der Waals surface area contributed by atoms with Crippen LogP contribution < -0.4 is 0 Å². The van der Waals surface area contributed by atoms with Gasteiger partial charge >= 0.3 is 0 Å². The van der Waals surface area contributed by atoms with E-state index in [4.69, 9.17) is 0 Å². The van der Waals surface area contributed by atoms with Crippen LogP contribution in [0.3, 0.4) is 0 Å². The molecule has 0 aliphatic carbocycles. The lowest BCUT2D eigenvalue weighted by atomic mass is 10.2. The van der Waals surface area contributed by atoms with Gasteiger partial charge in [0, 0.05) is 11.4 Å². The summed E-state index contributed by atoms with van der Waals surface area (Å²) in [4.78, 5) is 3.75. The van der Waals surface area contributed by atoms with E-state index < -0.39 is 0 Å². The van der Waals surface area contributed by atoms with Crippen molar-refractivity contribution in [2.75, 3.05) is 19.8 Å². The summed E-state index contributed by atoms with van der Waals surface area (Å²) in [7, 11) is 2.21. The van der Waals surface area contributed by atoms with Crippen molar-refractivity contribution in [3.05, 3.63) is 29.8 Å². The van der Waals surface area contributed by atoms with Gasteiger partial charge in [-0.05, 0) is 44.0 Å². The van der Waals surface area contributed by atoms with Crippen molar-refractivity contribution in [2.24, 2.45) is 0 Å². The Morgan fingerprint density at radius 3 is 2.38 bits per heavy atom. The highest BCUT2D eigenvalue weighted by molar-refractivity contribution is 7.98. The lowest BCUT2D eigenvalue weighted by molar-refractivity contribution is 0.318. The third-order valence-corrected chi connectivity index (χ3v) is 3.50. The molecule has 90 valence electrons. The molecule has 0 aliphatic heterocycles. The monoisotopic (exact) mass is 237 g/mol. The quantitative estimate of drug-likeness (QED) is 0.520. The Hall–Kier alpha value is -0.470. The zero-order chi connectivity index (χ0) is 11.8. The van der Waals surface area contributed by atoms with Gasteiger partial charge in [0.2, 0.25) is 0 Å². The maximum atomic E-state index is 2.41. The van der Waals surface area contributed by atoms with Gasteiger partial charge in [-0.15, -0.1) is 11.8 Å². The summed E-state index contributed by atoms with van der Waals surface area (Å²) in [6, 6.07) is 8.89. The van der Waals surface area contributed by atoms with Crippen LogP contribution in [0.4, 0.5) is 0 Å². The van der Waals surface area contributed by atoms with E-state index in [0.717, 1.165) is 6.54 Å². The molecule has 0 radical (unpaired) electrons. The largest absolute Gasteiger partial charge is 0.302 e. The second kappa shape index (κ2) is 7.75. The summed E-state index contributed by atoms with van der Waals surface area (Å²) in [5.41, 5.74) is 1.41. The normalized spacial score (nSPS) is 11.0. The van der Waals surface area contributed by atoms with Crippen molar-refractivity contribution < 1.29 is 0 Å². The summed E-state index contributed by atoms with van der Waals surface area (Å²) in [5.74, 6) is 0. The first kappa shape index (κ1) is 13.6. The van der Waals surface area contributed by atoms with E-state index in [2.05, 4.69) is 49.4 Å². The van der Waals surface area contributed by atoms with Crippen LogP contribution in [0.15, 0.2) is 29.2 Å². The average molecular weight is 237 g/mol. The molecular formula is C14H23NS. The van der Waals surface area contributed by atoms with Crippen molar-refractivity contribution in [1.29, 1.82) is 0 Å². The van der Waals surface area contributed by atoms with Gasteiger partial charge in [-0.1, -0.05) is 31.9 Å². The molecule has 1 rings (SSSR count). The lowest BCUT2D eigenvalue weighted by Gasteiger charge is -2.16. The Morgan fingerprint density at radius 2 is 1.81 bits per heavy atom. The van der Waals surface area contributed by atoms with Gasteiger partial charge in [-0.25, -0.2) is 0 Å². The molecular weight excluding hydrogens is 214 g/mol. The van der Waals surface area contributed by atoms with Crippen LogP contribution in [0.1, 0.15) is 31.7 Å². The van der Waals surface area contributed by atoms with Crippen molar-refractivity contribution in [1.82, 2.24) is 4.90 Å². The van der Waals surface area contributed by atoms with Gasteiger partial charge in [0.25, 0.3) is 0 Å². The highest BCUT2D eigenvalue weighted by atomic mass is 32.2. The minimum absolute atomic E-state index is 1.07. The first-order chi connectivity index (χ1) is 7.76. The van der Waals surface area contributed by atoms with Crippen LogP contribution in [-0.4, -0.2) is 24.7 Å². The summed E-state index contributed by atoms with van der Waals surface area (Å²) in [6.45, 7) is 4.53. The number of rotatable bonds is 7. The number of unbranched alkanes of at least 4 members (excludes halogenated alkanes) is 2. The fourth-order valence-corrected chi connectivity index (χ4v) is 2.16. The SMILES string of the molecule is CCCCCN(C)Cc1ccc(SC)cc1. The molecule has 0 heterocycles. The van der Waals surface area contributed by atoms with E-state index >= 15 is 0 Å². The van der Waals surface area contributed by atoms with E-state index in [1.54, 1.807) is 11.8 Å². The molecule has 0 N–H and O–H groups in total. The van der Waals surface area contributed by atoms with E-state index in [-0.39, 0.29) is 0 Å². The fourth-order valence-electron chi connectivity index (χ4n) is 1.75. The van der Waals surface area contributed by atoms with Crippen molar-refractivity contribution in [3.8, 4) is 0 Å². The standard InChI is InChI=1S/C14H23NS/c1-4-5-6-11-15(2)12-13-7-9-14(16-3)10-8-13/h7-10H,4-6,11-12H2,1-3H3. The van der Waals surface area contributed by atoms with Gasteiger partial charge < -0.3 is 4.90 Å². The number of hydrogen-bond donors (Lipinski definition) is 0. The molecule has 0 saturated heterocycles. The Labute approximate surface area is 104 Å². The van der Waals surface area contributed by atoms with Gasteiger partial charge in [0.15, 0.2) is 0 Å². The molecule has 0 amide bonds. The topological polar surface area (TPSA) is 3.24 Å². The number of nitrogens with zero attached hydrogens (tertiary/aromatic N) is 1. The van der Waals surface area contributed by atoms with Crippen LogP contribution in [0.25, 0.3) is 0 Å². The van der Waals surface area contributed by atoms with E-state index in [1.165, 1.54) is 36.3 Å². The van der Waals surface area contributed by atoms with Crippen LogP contribution in [0.2, 0.25) is 0 Å². The highest BCUT2D eigenvalue weighted by Gasteiger charge is 2.00. The van der Waals surface area contributed by atoms with Gasteiger partial charge in [0.05, 0.1) is 0 Å². The second-order valence-electron chi connectivity index (χ2n) is 4.29. The van der Waals surface area contributed by atoms with Crippen LogP contribution in [0, 0.1) is 0 Å². The number of hydrogen-bond acceptors (Lipinski definition) is 2. The maximum absolute atomic E-state index is 2.41. The van der Waals surface area contributed by atoms with E-state index in [9.17, 15) is 0 Å². The Bertz CT molecular complexity index is 281. The molecule has 0 aliphatic rings. The Balaban J connectivity index is 2.34. The molecule has 0 fully saturated rings. The molecule has 1 aromatic carbocycles. The molecule has 0 bridgehead atoms. The number of thioether (sulfide) groups is 1. The molecule has 0 saturated carbocycles. The first-order valence-electron chi connectivity index (χ1n) is 6.07. The molecule has 1 nitrogen and oxygen atoms in total. The third kappa shape index (κ3) is 5.04. The summed E-state index contributed by atoms with van der Waals surface area (Å²) in [5, 5.41) is 0.